The number of rotatable bonds is 6. The Hall–Kier alpha value is -3.15. The number of carbonyl (C=O) groups is 1. The first kappa shape index (κ1) is 21.7. The van der Waals surface area contributed by atoms with Crippen LogP contribution in [0.2, 0.25) is 0 Å². The molecule has 5 rings (SSSR count). The molecule has 0 aliphatic carbocycles. The molecule has 172 valence electrons. The predicted molar refractivity (Wildman–Crippen MR) is 127 cm³/mol. The summed E-state index contributed by atoms with van der Waals surface area (Å²) in [6.07, 6.45) is 8.69. The molecule has 0 aromatic carbocycles. The van der Waals surface area contributed by atoms with E-state index in [9.17, 15) is 4.79 Å². The van der Waals surface area contributed by atoms with E-state index in [2.05, 4.69) is 35.1 Å². The highest BCUT2D eigenvalue weighted by atomic mass is 32.1. The van der Waals surface area contributed by atoms with Crippen LogP contribution in [0.5, 0.6) is 0 Å². The van der Waals surface area contributed by atoms with Crippen molar-refractivity contribution < 1.29 is 9.53 Å². The number of pyridine rings is 1. The molecule has 0 radical (unpaired) electrons. The minimum absolute atomic E-state index is 0.201. The molecule has 0 bridgehead atoms. The highest BCUT2D eigenvalue weighted by molar-refractivity contribution is 7.18. The Kier molecular flexibility index (Phi) is 6.70. The maximum atomic E-state index is 12.5. The van der Waals surface area contributed by atoms with Crippen molar-refractivity contribution >= 4 is 33.9 Å². The summed E-state index contributed by atoms with van der Waals surface area (Å²) < 4.78 is 5.34. The Morgan fingerprint density at radius 2 is 1.82 bits per heavy atom. The molecule has 11 heteroatoms. The summed E-state index contributed by atoms with van der Waals surface area (Å²) in [7, 11) is 0. The second kappa shape index (κ2) is 10.2. The molecule has 3 aromatic rings. The molecule has 2 aliphatic rings. The van der Waals surface area contributed by atoms with Crippen molar-refractivity contribution in [2.45, 2.75) is 0 Å². The van der Waals surface area contributed by atoms with E-state index < -0.39 is 0 Å². The molecule has 0 saturated carbocycles. The van der Waals surface area contributed by atoms with Crippen molar-refractivity contribution in [3.8, 4) is 10.4 Å². The summed E-state index contributed by atoms with van der Waals surface area (Å²) in [5.74, 6) is 0.953. The van der Waals surface area contributed by atoms with Crippen LogP contribution in [0, 0.1) is 0 Å². The van der Waals surface area contributed by atoms with E-state index in [1.54, 1.807) is 12.4 Å². The maximum absolute atomic E-state index is 12.5. The number of hydrogen-bond donors (Lipinski definition) is 1. The minimum atomic E-state index is 0.201. The van der Waals surface area contributed by atoms with Crippen LogP contribution in [0.15, 0.2) is 43.2 Å². The summed E-state index contributed by atoms with van der Waals surface area (Å²) in [6.45, 7) is 6.62. The van der Waals surface area contributed by atoms with Gasteiger partial charge in [-0.3, -0.25) is 9.69 Å². The molecule has 1 amide bonds. The molecule has 5 heterocycles. The number of nitrogens with one attached hydrogen (secondary N) is 1. The van der Waals surface area contributed by atoms with Crippen molar-refractivity contribution in [2.24, 2.45) is 0 Å². The number of anilines is 3. The summed E-state index contributed by atoms with van der Waals surface area (Å²) in [5, 5.41) is 4.07. The second-order valence-electron chi connectivity index (χ2n) is 7.94. The van der Waals surface area contributed by atoms with Gasteiger partial charge in [-0.25, -0.2) is 19.9 Å². The van der Waals surface area contributed by atoms with Gasteiger partial charge in [0.15, 0.2) is 5.13 Å². The Labute approximate surface area is 196 Å². The lowest BCUT2D eigenvalue weighted by Crippen LogP contribution is -2.51. The quantitative estimate of drug-likeness (QED) is 0.582. The number of ether oxygens (including phenoxy) is 1. The van der Waals surface area contributed by atoms with Gasteiger partial charge in [0.1, 0.15) is 12.1 Å². The average Bonchev–Trinajstić information content (AvgIpc) is 3.34. The summed E-state index contributed by atoms with van der Waals surface area (Å²) in [6, 6.07) is 4.07. The Bertz CT molecular complexity index is 1070. The number of piperazine rings is 1. The number of amides is 1. The lowest BCUT2D eigenvalue weighted by Gasteiger charge is -2.37. The lowest BCUT2D eigenvalue weighted by atomic mass is 10.2. The second-order valence-corrected chi connectivity index (χ2v) is 8.97. The standard InChI is InChI=1S/C22H26N8O2S/c31-21(30-7-9-32-10-8-30)15-28-3-5-29(6-4-28)18-1-2-25-20(11-18)27-22-26-14-19(33-22)17-12-23-16-24-13-17/h1-2,11-14,16H,3-10,15H2,(H,25,26,27). The molecular formula is C22H26N8O2S. The van der Waals surface area contributed by atoms with Crippen LogP contribution in [0.3, 0.4) is 0 Å². The van der Waals surface area contributed by atoms with E-state index in [0.717, 1.165) is 53.3 Å². The summed E-state index contributed by atoms with van der Waals surface area (Å²) in [5.41, 5.74) is 2.05. The van der Waals surface area contributed by atoms with Crippen LogP contribution in [0.1, 0.15) is 0 Å². The molecule has 1 N–H and O–H groups in total. The number of thiazole rings is 1. The molecule has 10 nitrogen and oxygen atoms in total. The van der Waals surface area contributed by atoms with Crippen LogP contribution in [0.4, 0.5) is 16.6 Å². The highest BCUT2D eigenvalue weighted by Crippen LogP contribution is 2.30. The Morgan fingerprint density at radius 3 is 2.61 bits per heavy atom. The van der Waals surface area contributed by atoms with Gasteiger partial charge in [0, 0.05) is 81.4 Å². The zero-order chi connectivity index (χ0) is 22.5. The van der Waals surface area contributed by atoms with E-state index in [1.807, 2.05) is 29.4 Å². The summed E-state index contributed by atoms with van der Waals surface area (Å²) >= 11 is 1.53. The van der Waals surface area contributed by atoms with Crippen molar-refractivity contribution in [3.05, 3.63) is 43.2 Å². The average molecular weight is 467 g/mol. The molecule has 2 fully saturated rings. The lowest BCUT2D eigenvalue weighted by molar-refractivity contribution is -0.136. The SMILES string of the molecule is O=C(CN1CCN(c2ccnc(Nc3ncc(-c4cncnc4)s3)c2)CC1)N1CCOCC1. The number of aromatic nitrogens is 4. The van der Waals surface area contributed by atoms with Crippen molar-refractivity contribution in [1.29, 1.82) is 0 Å². The van der Waals surface area contributed by atoms with E-state index >= 15 is 0 Å². The van der Waals surface area contributed by atoms with Gasteiger partial charge in [-0.2, -0.15) is 0 Å². The zero-order valence-corrected chi connectivity index (χ0v) is 19.1. The molecule has 33 heavy (non-hydrogen) atoms. The Balaban J connectivity index is 1.16. The number of carbonyl (C=O) groups excluding carboxylic acids is 1. The van der Waals surface area contributed by atoms with Gasteiger partial charge in [0.25, 0.3) is 0 Å². The highest BCUT2D eigenvalue weighted by Gasteiger charge is 2.23. The molecule has 2 saturated heterocycles. The van der Waals surface area contributed by atoms with Crippen LogP contribution < -0.4 is 10.2 Å². The van der Waals surface area contributed by atoms with Gasteiger partial charge in [-0.05, 0) is 6.07 Å². The molecule has 0 atom stereocenters. The molecule has 2 aliphatic heterocycles. The van der Waals surface area contributed by atoms with Crippen molar-refractivity contribution in [3.63, 3.8) is 0 Å². The zero-order valence-electron chi connectivity index (χ0n) is 18.3. The fourth-order valence-corrected chi connectivity index (χ4v) is 4.75. The molecule has 0 spiro atoms. The van der Waals surface area contributed by atoms with Crippen molar-refractivity contribution in [1.82, 2.24) is 29.7 Å². The molecule has 3 aromatic heterocycles. The molecular weight excluding hydrogens is 440 g/mol. The smallest absolute Gasteiger partial charge is 0.236 e. The van der Waals surface area contributed by atoms with Gasteiger partial charge < -0.3 is 19.9 Å². The monoisotopic (exact) mass is 466 g/mol. The van der Waals surface area contributed by atoms with E-state index in [0.29, 0.717) is 32.8 Å². The van der Waals surface area contributed by atoms with Crippen LogP contribution in [-0.2, 0) is 9.53 Å². The fourth-order valence-electron chi connectivity index (χ4n) is 3.95. The first-order valence-corrected chi connectivity index (χ1v) is 11.8. The van der Waals surface area contributed by atoms with E-state index in [4.69, 9.17) is 4.74 Å². The van der Waals surface area contributed by atoms with Crippen molar-refractivity contribution in [2.75, 3.05) is 69.2 Å². The van der Waals surface area contributed by atoms with Crippen LogP contribution in [-0.4, -0.2) is 94.7 Å². The van der Waals surface area contributed by atoms with E-state index in [1.165, 1.54) is 17.7 Å². The minimum Gasteiger partial charge on any atom is -0.378 e. The van der Waals surface area contributed by atoms with Crippen LogP contribution >= 0.6 is 11.3 Å². The number of nitrogens with zero attached hydrogens (tertiary/aromatic N) is 7. The topological polar surface area (TPSA) is 99.6 Å². The Morgan fingerprint density at radius 1 is 1.03 bits per heavy atom. The summed E-state index contributed by atoms with van der Waals surface area (Å²) in [4.78, 5) is 37.0. The third-order valence-corrected chi connectivity index (χ3v) is 6.75. The first-order valence-electron chi connectivity index (χ1n) is 11.0. The van der Waals surface area contributed by atoms with E-state index in [-0.39, 0.29) is 5.91 Å². The third-order valence-electron chi connectivity index (χ3n) is 5.79. The van der Waals surface area contributed by atoms with Gasteiger partial charge in [0.2, 0.25) is 5.91 Å². The van der Waals surface area contributed by atoms with Gasteiger partial charge in [-0.1, -0.05) is 11.3 Å². The van der Waals surface area contributed by atoms with Gasteiger partial charge in [0.05, 0.1) is 24.6 Å². The molecule has 0 unspecified atom stereocenters. The number of hydrogen-bond acceptors (Lipinski definition) is 10. The maximum Gasteiger partial charge on any atom is 0.236 e. The predicted octanol–water partition coefficient (Wildman–Crippen LogP) is 1.72. The number of morpholine rings is 1. The normalized spacial score (nSPS) is 17.2. The largest absolute Gasteiger partial charge is 0.378 e. The fraction of sp³-hybridized carbons (Fsp3) is 0.409. The van der Waals surface area contributed by atoms with Gasteiger partial charge in [-0.15, -0.1) is 0 Å². The first-order chi connectivity index (χ1) is 16.2. The van der Waals surface area contributed by atoms with Gasteiger partial charge >= 0.3 is 0 Å². The van der Waals surface area contributed by atoms with Crippen LogP contribution in [0.25, 0.3) is 10.4 Å². The third kappa shape index (κ3) is 5.44.